The SMILES string of the molecule is Cc1cnn(C)c1CNCC1(O)CCc2ccccc21. The molecule has 0 bridgehead atoms. The van der Waals surface area contributed by atoms with E-state index in [1.807, 2.05) is 36.1 Å². The number of aromatic nitrogens is 2. The number of nitrogens with one attached hydrogen (secondary N) is 1. The molecule has 0 radical (unpaired) electrons. The zero-order chi connectivity index (χ0) is 14.2. The van der Waals surface area contributed by atoms with Gasteiger partial charge in [-0.15, -0.1) is 0 Å². The molecule has 106 valence electrons. The number of fused-ring (bicyclic) bond motifs is 1. The molecule has 1 aliphatic carbocycles. The molecule has 2 aromatic rings. The Kier molecular flexibility index (Phi) is 3.36. The Morgan fingerprint density at radius 2 is 2.20 bits per heavy atom. The second-order valence-electron chi connectivity index (χ2n) is 5.69. The number of aryl methyl sites for hydroxylation is 3. The maximum Gasteiger partial charge on any atom is 0.103 e. The quantitative estimate of drug-likeness (QED) is 0.889. The van der Waals surface area contributed by atoms with Gasteiger partial charge in [0.05, 0.1) is 11.9 Å². The fraction of sp³-hybridized carbons (Fsp3) is 0.438. The van der Waals surface area contributed by atoms with Crippen molar-refractivity contribution < 1.29 is 5.11 Å². The summed E-state index contributed by atoms with van der Waals surface area (Å²) in [4.78, 5) is 0. The van der Waals surface area contributed by atoms with Crippen LogP contribution in [0.25, 0.3) is 0 Å². The van der Waals surface area contributed by atoms with Crippen molar-refractivity contribution in [2.45, 2.75) is 31.9 Å². The van der Waals surface area contributed by atoms with Crippen LogP contribution in [0.1, 0.15) is 28.8 Å². The van der Waals surface area contributed by atoms with Gasteiger partial charge in [-0.2, -0.15) is 5.10 Å². The summed E-state index contributed by atoms with van der Waals surface area (Å²) in [7, 11) is 1.95. The zero-order valence-electron chi connectivity index (χ0n) is 12.1. The molecule has 4 heteroatoms. The molecule has 0 aliphatic heterocycles. The van der Waals surface area contributed by atoms with E-state index in [2.05, 4.69) is 23.4 Å². The molecule has 0 fully saturated rings. The van der Waals surface area contributed by atoms with E-state index in [4.69, 9.17) is 0 Å². The number of hydrogen-bond donors (Lipinski definition) is 2. The lowest BCUT2D eigenvalue weighted by Gasteiger charge is -2.24. The second kappa shape index (κ2) is 5.04. The molecule has 0 amide bonds. The van der Waals surface area contributed by atoms with E-state index in [1.54, 1.807) is 0 Å². The van der Waals surface area contributed by atoms with Crippen LogP contribution in [0.5, 0.6) is 0 Å². The van der Waals surface area contributed by atoms with Gasteiger partial charge in [-0.1, -0.05) is 24.3 Å². The van der Waals surface area contributed by atoms with Crippen LogP contribution in [0.4, 0.5) is 0 Å². The topological polar surface area (TPSA) is 50.1 Å². The third kappa shape index (κ3) is 2.25. The third-order valence-corrected chi connectivity index (χ3v) is 4.31. The van der Waals surface area contributed by atoms with Crippen LogP contribution in [0, 0.1) is 6.92 Å². The monoisotopic (exact) mass is 271 g/mol. The van der Waals surface area contributed by atoms with Gasteiger partial charge in [0.1, 0.15) is 5.60 Å². The minimum Gasteiger partial charge on any atom is -0.384 e. The summed E-state index contributed by atoms with van der Waals surface area (Å²) in [6.07, 6.45) is 3.62. The van der Waals surface area contributed by atoms with Gasteiger partial charge in [0.2, 0.25) is 0 Å². The van der Waals surface area contributed by atoms with Crippen molar-refractivity contribution in [2.75, 3.05) is 6.54 Å². The number of benzene rings is 1. The predicted molar refractivity (Wildman–Crippen MR) is 78.3 cm³/mol. The number of nitrogens with zero attached hydrogens (tertiary/aromatic N) is 2. The zero-order valence-corrected chi connectivity index (χ0v) is 12.1. The molecule has 1 unspecified atom stereocenters. The van der Waals surface area contributed by atoms with Gasteiger partial charge >= 0.3 is 0 Å². The van der Waals surface area contributed by atoms with E-state index in [0.717, 1.165) is 24.9 Å². The first-order valence-electron chi connectivity index (χ1n) is 7.09. The molecule has 4 nitrogen and oxygen atoms in total. The molecule has 1 heterocycles. The van der Waals surface area contributed by atoms with Crippen molar-refractivity contribution in [1.82, 2.24) is 15.1 Å². The van der Waals surface area contributed by atoms with Gasteiger partial charge < -0.3 is 10.4 Å². The summed E-state index contributed by atoms with van der Waals surface area (Å²) >= 11 is 0. The van der Waals surface area contributed by atoms with Crippen LogP contribution in [0.15, 0.2) is 30.5 Å². The lowest BCUT2D eigenvalue weighted by Crippen LogP contribution is -2.36. The van der Waals surface area contributed by atoms with Crippen molar-refractivity contribution in [3.8, 4) is 0 Å². The van der Waals surface area contributed by atoms with E-state index < -0.39 is 5.60 Å². The summed E-state index contributed by atoms with van der Waals surface area (Å²) in [5.74, 6) is 0. The van der Waals surface area contributed by atoms with E-state index in [-0.39, 0.29) is 0 Å². The van der Waals surface area contributed by atoms with Gasteiger partial charge in [0.15, 0.2) is 0 Å². The Morgan fingerprint density at radius 1 is 1.40 bits per heavy atom. The average Bonchev–Trinajstić information content (AvgIpc) is 2.94. The van der Waals surface area contributed by atoms with Crippen molar-refractivity contribution >= 4 is 0 Å². The van der Waals surface area contributed by atoms with Crippen LogP contribution >= 0.6 is 0 Å². The molecule has 20 heavy (non-hydrogen) atoms. The maximum absolute atomic E-state index is 10.8. The van der Waals surface area contributed by atoms with E-state index in [0.29, 0.717) is 6.54 Å². The summed E-state index contributed by atoms with van der Waals surface area (Å²) in [5, 5.41) is 18.4. The largest absolute Gasteiger partial charge is 0.384 e. The standard InChI is InChI=1S/C16H21N3O/c1-12-9-18-19(2)15(12)10-17-11-16(20)8-7-13-5-3-4-6-14(13)16/h3-6,9,17,20H,7-8,10-11H2,1-2H3. The third-order valence-electron chi connectivity index (χ3n) is 4.31. The molecule has 0 spiro atoms. The maximum atomic E-state index is 10.8. The number of hydrogen-bond acceptors (Lipinski definition) is 3. The molecular formula is C16H21N3O. The molecule has 0 saturated heterocycles. The molecule has 1 atom stereocenters. The van der Waals surface area contributed by atoms with Crippen LogP contribution in [-0.4, -0.2) is 21.4 Å². The van der Waals surface area contributed by atoms with Crippen molar-refractivity contribution in [3.63, 3.8) is 0 Å². The van der Waals surface area contributed by atoms with Crippen LogP contribution < -0.4 is 5.32 Å². The Hall–Kier alpha value is -1.65. The normalized spacial score (nSPS) is 21.1. The van der Waals surface area contributed by atoms with Gasteiger partial charge in [0.25, 0.3) is 0 Å². The lowest BCUT2D eigenvalue weighted by atomic mass is 9.96. The molecule has 0 saturated carbocycles. The highest BCUT2D eigenvalue weighted by Crippen LogP contribution is 2.36. The molecular weight excluding hydrogens is 250 g/mol. The van der Waals surface area contributed by atoms with Crippen molar-refractivity contribution in [2.24, 2.45) is 7.05 Å². The minimum absolute atomic E-state index is 0.578. The predicted octanol–water partition coefficient (Wildman–Crippen LogP) is 1.65. The molecule has 2 N–H and O–H groups in total. The van der Waals surface area contributed by atoms with Gasteiger partial charge in [0, 0.05) is 20.1 Å². The van der Waals surface area contributed by atoms with Gasteiger partial charge in [-0.05, 0) is 36.5 Å². The van der Waals surface area contributed by atoms with Crippen LogP contribution in [0.2, 0.25) is 0 Å². The fourth-order valence-electron chi connectivity index (χ4n) is 3.07. The highest BCUT2D eigenvalue weighted by molar-refractivity contribution is 5.37. The summed E-state index contributed by atoms with van der Waals surface area (Å²) in [6.45, 7) is 3.37. The van der Waals surface area contributed by atoms with Crippen molar-refractivity contribution in [3.05, 3.63) is 52.8 Å². The van der Waals surface area contributed by atoms with Gasteiger partial charge in [-0.25, -0.2) is 0 Å². The highest BCUT2D eigenvalue weighted by Gasteiger charge is 2.35. The lowest BCUT2D eigenvalue weighted by molar-refractivity contribution is 0.0383. The summed E-state index contributed by atoms with van der Waals surface area (Å²) in [6, 6.07) is 8.19. The molecule has 3 rings (SSSR count). The second-order valence-corrected chi connectivity index (χ2v) is 5.69. The first-order valence-corrected chi connectivity index (χ1v) is 7.09. The van der Waals surface area contributed by atoms with Crippen molar-refractivity contribution in [1.29, 1.82) is 0 Å². The van der Waals surface area contributed by atoms with Crippen LogP contribution in [0.3, 0.4) is 0 Å². The Bertz CT molecular complexity index is 600. The highest BCUT2D eigenvalue weighted by atomic mass is 16.3. The Labute approximate surface area is 119 Å². The molecule has 1 aromatic heterocycles. The fourth-order valence-corrected chi connectivity index (χ4v) is 3.07. The number of rotatable bonds is 4. The average molecular weight is 271 g/mol. The number of aliphatic hydroxyl groups is 1. The summed E-state index contributed by atoms with van der Waals surface area (Å²) in [5.41, 5.74) is 3.96. The first-order chi connectivity index (χ1) is 9.60. The Balaban J connectivity index is 1.68. The summed E-state index contributed by atoms with van der Waals surface area (Å²) < 4.78 is 1.88. The molecule has 1 aromatic carbocycles. The molecule has 1 aliphatic rings. The first kappa shape index (κ1) is 13.3. The minimum atomic E-state index is -0.733. The smallest absolute Gasteiger partial charge is 0.103 e. The van der Waals surface area contributed by atoms with E-state index in [1.165, 1.54) is 16.8 Å². The Morgan fingerprint density at radius 3 is 2.95 bits per heavy atom. The van der Waals surface area contributed by atoms with E-state index >= 15 is 0 Å². The van der Waals surface area contributed by atoms with Crippen LogP contribution in [-0.2, 0) is 25.6 Å². The van der Waals surface area contributed by atoms with E-state index in [9.17, 15) is 5.11 Å². The van der Waals surface area contributed by atoms with Gasteiger partial charge in [-0.3, -0.25) is 4.68 Å².